The number of aromatic amines is 1. The maximum absolute atomic E-state index is 12.5. The summed E-state index contributed by atoms with van der Waals surface area (Å²) in [6.45, 7) is 3.32. The molecule has 1 fully saturated rings. The number of amides is 1. The summed E-state index contributed by atoms with van der Waals surface area (Å²) in [6, 6.07) is 1.84. The van der Waals surface area contributed by atoms with Crippen LogP contribution in [-0.4, -0.2) is 37.5 Å². The Morgan fingerprint density at radius 2 is 2.52 bits per heavy atom. The molecular formula is C13H18N6O2. The summed E-state index contributed by atoms with van der Waals surface area (Å²) in [5, 5.41) is 17.4. The Hall–Kier alpha value is -2.22. The van der Waals surface area contributed by atoms with Gasteiger partial charge in [-0.15, -0.1) is 10.2 Å². The van der Waals surface area contributed by atoms with E-state index in [9.17, 15) is 4.79 Å². The van der Waals surface area contributed by atoms with Crippen LogP contribution in [-0.2, 0) is 16.1 Å². The number of ether oxygens (including phenoxy) is 1. The van der Waals surface area contributed by atoms with Gasteiger partial charge in [-0.25, -0.2) is 0 Å². The molecule has 3 heterocycles. The van der Waals surface area contributed by atoms with E-state index in [2.05, 4.69) is 25.7 Å². The molecule has 0 spiro atoms. The van der Waals surface area contributed by atoms with Crippen LogP contribution in [0.15, 0.2) is 18.6 Å². The number of hydrogen-bond acceptors (Lipinski definition) is 5. The molecule has 1 aliphatic rings. The van der Waals surface area contributed by atoms with E-state index in [0.717, 1.165) is 18.5 Å². The average molecular weight is 290 g/mol. The molecule has 8 nitrogen and oxygen atoms in total. The van der Waals surface area contributed by atoms with E-state index in [4.69, 9.17) is 4.74 Å². The predicted molar refractivity (Wildman–Crippen MR) is 74.3 cm³/mol. The van der Waals surface area contributed by atoms with Crippen molar-refractivity contribution in [3.05, 3.63) is 24.3 Å². The predicted octanol–water partition coefficient (Wildman–Crippen LogP) is 1.13. The van der Waals surface area contributed by atoms with E-state index < -0.39 is 0 Å². The summed E-state index contributed by atoms with van der Waals surface area (Å²) in [5.74, 6) is 0.106. The molecule has 0 unspecified atom stereocenters. The van der Waals surface area contributed by atoms with Crippen molar-refractivity contribution in [1.82, 2.24) is 25.0 Å². The number of anilines is 1. The van der Waals surface area contributed by atoms with Crippen LogP contribution in [0, 0.1) is 5.92 Å². The van der Waals surface area contributed by atoms with Crippen LogP contribution in [0.1, 0.15) is 31.6 Å². The van der Waals surface area contributed by atoms with Gasteiger partial charge in [0.15, 0.2) is 0 Å². The van der Waals surface area contributed by atoms with E-state index >= 15 is 0 Å². The smallest absolute Gasteiger partial charge is 0.232 e. The van der Waals surface area contributed by atoms with E-state index in [1.165, 1.54) is 0 Å². The lowest BCUT2D eigenvalue weighted by molar-refractivity contribution is -0.129. The zero-order valence-corrected chi connectivity index (χ0v) is 11.8. The lowest BCUT2D eigenvalue weighted by Crippen LogP contribution is -2.34. The van der Waals surface area contributed by atoms with Gasteiger partial charge in [0, 0.05) is 19.3 Å². The third-order valence-corrected chi connectivity index (χ3v) is 3.68. The van der Waals surface area contributed by atoms with E-state index in [-0.39, 0.29) is 17.9 Å². The van der Waals surface area contributed by atoms with Crippen molar-refractivity contribution in [1.29, 1.82) is 0 Å². The van der Waals surface area contributed by atoms with E-state index in [0.29, 0.717) is 19.1 Å². The minimum Gasteiger partial charge on any atom is -0.371 e. The van der Waals surface area contributed by atoms with Crippen molar-refractivity contribution in [3.63, 3.8) is 0 Å². The monoisotopic (exact) mass is 290 g/mol. The maximum Gasteiger partial charge on any atom is 0.232 e. The van der Waals surface area contributed by atoms with Crippen LogP contribution < -0.4 is 5.32 Å². The lowest BCUT2D eigenvalue weighted by atomic mass is 9.91. The van der Waals surface area contributed by atoms with Gasteiger partial charge in [0.2, 0.25) is 11.9 Å². The lowest BCUT2D eigenvalue weighted by Gasteiger charge is -2.29. The van der Waals surface area contributed by atoms with Gasteiger partial charge in [-0.1, -0.05) is 0 Å². The normalized spacial score (nSPS) is 22.1. The summed E-state index contributed by atoms with van der Waals surface area (Å²) < 4.78 is 7.54. The first kappa shape index (κ1) is 13.7. The van der Waals surface area contributed by atoms with Crippen LogP contribution in [0.4, 0.5) is 5.95 Å². The molecule has 21 heavy (non-hydrogen) atoms. The van der Waals surface area contributed by atoms with E-state index in [1.807, 2.05) is 13.0 Å². The molecule has 1 saturated heterocycles. The van der Waals surface area contributed by atoms with Gasteiger partial charge in [-0.05, 0) is 25.8 Å². The fourth-order valence-corrected chi connectivity index (χ4v) is 2.57. The summed E-state index contributed by atoms with van der Waals surface area (Å²) in [5.41, 5.74) is 0.826. The minimum absolute atomic E-state index is 0.1000. The van der Waals surface area contributed by atoms with Crippen molar-refractivity contribution in [2.75, 3.05) is 11.9 Å². The molecule has 2 atom stereocenters. The molecule has 0 radical (unpaired) electrons. The molecule has 8 heteroatoms. The number of hydrogen-bond donors (Lipinski definition) is 2. The average Bonchev–Trinajstić information content (AvgIpc) is 3.18. The first-order valence-corrected chi connectivity index (χ1v) is 7.09. The zero-order chi connectivity index (χ0) is 14.7. The second kappa shape index (κ2) is 6.04. The highest BCUT2D eigenvalue weighted by Crippen LogP contribution is 2.33. The Bertz CT molecular complexity index is 594. The fourth-order valence-electron chi connectivity index (χ4n) is 2.57. The molecule has 2 aromatic rings. The number of carbonyl (C=O) groups is 1. The molecule has 2 aromatic heterocycles. The fraction of sp³-hybridized carbons (Fsp3) is 0.538. The van der Waals surface area contributed by atoms with Gasteiger partial charge in [-0.3, -0.25) is 15.2 Å². The van der Waals surface area contributed by atoms with Gasteiger partial charge in [0.05, 0.1) is 11.6 Å². The molecule has 0 aromatic carbocycles. The standard InChI is InChI=1S/C13H18N6O2/c1-2-19-8-15-18-13(19)16-12(20)9-4-3-7-21-11(9)10-5-6-14-17-10/h5-6,8-9,11H,2-4,7H2,1H3,(H,14,17)(H,16,18,20)/t9-,11-/m1/s1. The second-order valence-electron chi connectivity index (χ2n) is 4.98. The van der Waals surface area contributed by atoms with Crippen molar-refractivity contribution in [3.8, 4) is 0 Å². The highest BCUT2D eigenvalue weighted by atomic mass is 16.5. The van der Waals surface area contributed by atoms with Crippen molar-refractivity contribution in [2.45, 2.75) is 32.4 Å². The highest BCUT2D eigenvalue weighted by Gasteiger charge is 2.34. The Balaban J connectivity index is 1.75. The number of nitrogens with zero attached hydrogens (tertiary/aromatic N) is 4. The molecule has 2 N–H and O–H groups in total. The molecule has 112 valence electrons. The largest absolute Gasteiger partial charge is 0.371 e. The summed E-state index contributed by atoms with van der Waals surface area (Å²) >= 11 is 0. The molecular weight excluding hydrogens is 272 g/mol. The number of aryl methyl sites for hydroxylation is 1. The number of nitrogens with one attached hydrogen (secondary N) is 2. The molecule has 1 amide bonds. The number of H-pyrrole nitrogens is 1. The topological polar surface area (TPSA) is 97.7 Å². The van der Waals surface area contributed by atoms with Crippen LogP contribution in [0.5, 0.6) is 0 Å². The van der Waals surface area contributed by atoms with Gasteiger partial charge in [-0.2, -0.15) is 5.10 Å². The third kappa shape index (κ3) is 2.80. The highest BCUT2D eigenvalue weighted by molar-refractivity contribution is 5.91. The second-order valence-corrected chi connectivity index (χ2v) is 4.98. The zero-order valence-electron chi connectivity index (χ0n) is 11.8. The molecule has 0 bridgehead atoms. The minimum atomic E-state index is -0.292. The number of carbonyl (C=O) groups excluding carboxylic acids is 1. The van der Waals surface area contributed by atoms with Gasteiger partial charge in [0.1, 0.15) is 12.4 Å². The van der Waals surface area contributed by atoms with Gasteiger partial charge >= 0.3 is 0 Å². The maximum atomic E-state index is 12.5. The SMILES string of the molecule is CCn1cnnc1NC(=O)[C@@H]1CCCO[C@H]1c1ccn[nH]1. The van der Waals surface area contributed by atoms with Crippen LogP contribution in [0.2, 0.25) is 0 Å². The Kier molecular flexibility index (Phi) is 3.96. The van der Waals surface area contributed by atoms with Crippen molar-refractivity contribution >= 4 is 11.9 Å². The summed E-state index contributed by atoms with van der Waals surface area (Å²) in [7, 11) is 0. The van der Waals surface area contributed by atoms with Gasteiger partial charge in [0.25, 0.3) is 0 Å². The molecule has 1 aliphatic heterocycles. The molecule has 0 aliphatic carbocycles. The van der Waals surface area contributed by atoms with Crippen LogP contribution >= 0.6 is 0 Å². The third-order valence-electron chi connectivity index (χ3n) is 3.68. The first-order chi connectivity index (χ1) is 10.3. The summed E-state index contributed by atoms with van der Waals surface area (Å²) in [4.78, 5) is 12.5. The number of aromatic nitrogens is 5. The van der Waals surface area contributed by atoms with E-state index in [1.54, 1.807) is 17.1 Å². The Morgan fingerprint density at radius 3 is 3.29 bits per heavy atom. The first-order valence-electron chi connectivity index (χ1n) is 7.09. The number of rotatable bonds is 4. The quantitative estimate of drug-likeness (QED) is 0.879. The van der Waals surface area contributed by atoms with Gasteiger partial charge < -0.3 is 9.30 Å². The molecule has 3 rings (SSSR count). The van der Waals surface area contributed by atoms with Crippen LogP contribution in [0.3, 0.4) is 0 Å². The van der Waals surface area contributed by atoms with Crippen LogP contribution in [0.25, 0.3) is 0 Å². The summed E-state index contributed by atoms with van der Waals surface area (Å²) in [6.07, 6.45) is 4.60. The van der Waals surface area contributed by atoms with Crippen molar-refractivity contribution < 1.29 is 9.53 Å². The Labute approximate surface area is 121 Å². The molecule has 0 saturated carbocycles. The van der Waals surface area contributed by atoms with Crippen molar-refractivity contribution in [2.24, 2.45) is 5.92 Å². The Morgan fingerprint density at radius 1 is 1.62 bits per heavy atom.